The molecule has 0 aliphatic heterocycles. The molecule has 0 heterocycles. The SMILES string of the molecule is CCC(C)(C=O)O[Si](C)(C)C. The monoisotopic (exact) mass is 174 g/mol. The number of hydrogen-bond acceptors (Lipinski definition) is 2. The molecule has 0 N–H and O–H groups in total. The molecule has 0 aliphatic rings. The fraction of sp³-hybridized carbons (Fsp3) is 0.875. The summed E-state index contributed by atoms with van der Waals surface area (Å²) in [4.78, 5) is 10.6. The Morgan fingerprint density at radius 3 is 2.00 bits per heavy atom. The normalized spacial score (nSPS) is 17.5. The molecule has 0 saturated carbocycles. The van der Waals surface area contributed by atoms with E-state index >= 15 is 0 Å². The second-order valence-corrected chi connectivity index (χ2v) is 8.43. The van der Waals surface area contributed by atoms with Gasteiger partial charge in [0.25, 0.3) is 0 Å². The average molecular weight is 174 g/mol. The van der Waals surface area contributed by atoms with Crippen LogP contribution in [-0.4, -0.2) is 20.2 Å². The van der Waals surface area contributed by atoms with Crippen molar-refractivity contribution in [1.29, 1.82) is 0 Å². The number of rotatable bonds is 4. The zero-order chi connectivity index (χ0) is 9.12. The van der Waals surface area contributed by atoms with Gasteiger partial charge in [-0.25, -0.2) is 0 Å². The van der Waals surface area contributed by atoms with Gasteiger partial charge in [0.05, 0.1) is 0 Å². The van der Waals surface area contributed by atoms with Crippen LogP contribution in [0.5, 0.6) is 0 Å². The fourth-order valence-electron chi connectivity index (χ4n) is 0.879. The van der Waals surface area contributed by atoms with Crippen LogP contribution in [0.15, 0.2) is 0 Å². The topological polar surface area (TPSA) is 26.3 Å². The Hall–Kier alpha value is -0.153. The first-order valence-electron chi connectivity index (χ1n) is 3.99. The smallest absolute Gasteiger partial charge is 0.185 e. The summed E-state index contributed by atoms with van der Waals surface area (Å²) in [6.45, 7) is 10.1. The Bertz CT molecular complexity index is 140. The molecule has 0 aromatic carbocycles. The van der Waals surface area contributed by atoms with Crippen LogP contribution < -0.4 is 0 Å². The lowest BCUT2D eigenvalue weighted by atomic mass is 10.1. The van der Waals surface area contributed by atoms with Gasteiger partial charge in [0.1, 0.15) is 11.9 Å². The highest BCUT2D eigenvalue weighted by molar-refractivity contribution is 6.69. The Labute approximate surface area is 70.1 Å². The molecular formula is C8H18O2Si. The average Bonchev–Trinajstić information content (AvgIpc) is 1.84. The Balaban J connectivity index is 4.19. The van der Waals surface area contributed by atoms with Gasteiger partial charge in [0.2, 0.25) is 0 Å². The molecule has 0 aliphatic carbocycles. The van der Waals surface area contributed by atoms with Crippen molar-refractivity contribution in [3.05, 3.63) is 0 Å². The van der Waals surface area contributed by atoms with Crippen molar-refractivity contribution in [2.24, 2.45) is 0 Å². The van der Waals surface area contributed by atoms with Crippen LogP contribution in [-0.2, 0) is 9.22 Å². The van der Waals surface area contributed by atoms with Crippen LogP contribution in [0, 0.1) is 0 Å². The van der Waals surface area contributed by atoms with E-state index < -0.39 is 13.9 Å². The zero-order valence-electron chi connectivity index (χ0n) is 8.10. The maximum Gasteiger partial charge on any atom is 0.185 e. The first kappa shape index (κ1) is 10.8. The molecule has 11 heavy (non-hydrogen) atoms. The molecule has 0 saturated heterocycles. The van der Waals surface area contributed by atoms with E-state index in [0.29, 0.717) is 0 Å². The highest BCUT2D eigenvalue weighted by atomic mass is 28.4. The van der Waals surface area contributed by atoms with Gasteiger partial charge in [-0.2, -0.15) is 0 Å². The first-order valence-corrected chi connectivity index (χ1v) is 7.40. The summed E-state index contributed by atoms with van der Waals surface area (Å²) in [6, 6.07) is 0. The van der Waals surface area contributed by atoms with Crippen molar-refractivity contribution in [2.45, 2.75) is 45.5 Å². The van der Waals surface area contributed by atoms with Crippen LogP contribution in [0.3, 0.4) is 0 Å². The van der Waals surface area contributed by atoms with Gasteiger partial charge in [0, 0.05) is 0 Å². The van der Waals surface area contributed by atoms with Crippen LogP contribution in [0.1, 0.15) is 20.3 Å². The highest BCUT2D eigenvalue weighted by Crippen LogP contribution is 2.18. The van der Waals surface area contributed by atoms with Crippen molar-refractivity contribution in [1.82, 2.24) is 0 Å². The minimum absolute atomic E-state index is 0.551. The third-order valence-corrected chi connectivity index (χ3v) is 2.57. The fourth-order valence-corrected chi connectivity index (χ4v) is 2.47. The summed E-state index contributed by atoms with van der Waals surface area (Å²) in [6.07, 6.45) is 1.66. The Kier molecular flexibility index (Phi) is 3.45. The second-order valence-electron chi connectivity index (χ2n) is 4.00. The van der Waals surface area contributed by atoms with Gasteiger partial charge in [-0.15, -0.1) is 0 Å². The number of hydrogen-bond donors (Lipinski definition) is 0. The van der Waals surface area contributed by atoms with E-state index in [1.165, 1.54) is 0 Å². The third-order valence-electron chi connectivity index (χ3n) is 1.49. The van der Waals surface area contributed by atoms with E-state index in [0.717, 1.165) is 12.7 Å². The molecule has 1 unspecified atom stereocenters. The molecule has 0 bridgehead atoms. The largest absolute Gasteiger partial charge is 0.406 e. The molecule has 1 atom stereocenters. The van der Waals surface area contributed by atoms with Crippen molar-refractivity contribution in [3.8, 4) is 0 Å². The summed E-state index contributed by atoms with van der Waals surface area (Å²) in [7, 11) is -1.57. The quantitative estimate of drug-likeness (QED) is 0.482. The lowest BCUT2D eigenvalue weighted by Crippen LogP contribution is -2.41. The Morgan fingerprint density at radius 1 is 1.45 bits per heavy atom. The minimum atomic E-state index is -1.57. The van der Waals surface area contributed by atoms with E-state index in [-0.39, 0.29) is 0 Å². The zero-order valence-corrected chi connectivity index (χ0v) is 9.10. The van der Waals surface area contributed by atoms with Gasteiger partial charge >= 0.3 is 0 Å². The maximum absolute atomic E-state index is 10.6. The van der Waals surface area contributed by atoms with E-state index in [1.54, 1.807) is 0 Å². The van der Waals surface area contributed by atoms with Crippen molar-refractivity contribution in [2.75, 3.05) is 0 Å². The standard InChI is InChI=1S/C8H18O2Si/c1-6-8(2,7-9)10-11(3,4)5/h7H,6H2,1-5H3. The van der Waals surface area contributed by atoms with Crippen LogP contribution in [0.2, 0.25) is 19.6 Å². The van der Waals surface area contributed by atoms with Crippen molar-refractivity contribution < 1.29 is 9.22 Å². The van der Waals surface area contributed by atoms with E-state index in [9.17, 15) is 4.79 Å². The summed E-state index contributed by atoms with van der Waals surface area (Å²) in [5.74, 6) is 0. The van der Waals surface area contributed by atoms with E-state index in [4.69, 9.17) is 4.43 Å². The molecule has 0 rings (SSSR count). The second kappa shape index (κ2) is 3.50. The lowest BCUT2D eigenvalue weighted by Gasteiger charge is -2.30. The van der Waals surface area contributed by atoms with Crippen LogP contribution in [0.4, 0.5) is 0 Å². The molecule has 0 spiro atoms. The molecular weight excluding hydrogens is 156 g/mol. The molecule has 0 aromatic rings. The number of carbonyl (C=O) groups excluding carboxylic acids is 1. The minimum Gasteiger partial charge on any atom is -0.406 e. The lowest BCUT2D eigenvalue weighted by molar-refractivity contribution is -0.121. The first-order chi connectivity index (χ1) is 4.83. The molecule has 0 fully saturated rings. The predicted octanol–water partition coefficient (Wildman–Crippen LogP) is 2.21. The van der Waals surface area contributed by atoms with Crippen molar-refractivity contribution >= 4 is 14.6 Å². The highest BCUT2D eigenvalue weighted by Gasteiger charge is 2.29. The molecule has 3 heteroatoms. The third kappa shape index (κ3) is 4.32. The van der Waals surface area contributed by atoms with E-state index in [1.807, 2.05) is 13.8 Å². The summed E-state index contributed by atoms with van der Waals surface area (Å²) in [5, 5.41) is 0. The summed E-state index contributed by atoms with van der Waals surface area (Å²) < 4.78 is 5.69. The maximum atomic E-state index is 10.6. The summed E-state index contributed by atoms with van der Waals surface area (Å²) >= 11 is 0. The number of carbonyl (C=O) groups is 1. The molecule has 66 valence electrons. The van der Waals surface area contributed by atoms with Gasteiger partial charge < -0.3 is 9.22 Å². The van der Waals surface area contributed by atoms with E-state index in [2.05, 4.69) is 19.6 Å². The molecule has 0 aromatic heterocycles. The summed E-state index contributed by atoms with van der Waals surface area (Å²) in [5.41, 5.74) is -0.551. The Morgan fingerprint density at radius 2 is 1.91 bits per heavy atom. The van der Waals surface area contributed by atoms with Crippen LogP contribution >= 0.6 is 0 Å². The van der Waals surface area contributed by atoms with Gasteiger partial charge in [0.15, 0.2) is 8.32 Å². The predicted molar refractivity (Wildman–Crippen MR) is 49.2 cm³/mol. The van der Waals surface area contributed by atoms with Gasteiger partial charge in [-0.1, -0.05) is 6.92 Å². The van der Waals surface area contributed by atoms with Crippen molar-refractivity contribution in [3.63, 3.8) is 0 Å². The van der Waals surface area contributed by atoms with Gasteiger partial charge in [-0.05, 0) is 33.0 Å². The van der Waals surface area contributed by atoms with Gasteiger partial charge in [-0.3, -0.25) is 0 Å². The molecule has 0 radical (unpaired) electrons. The molecule has 0 amide bonds. The number of aldehydes is 1. The molecule has 2 nitrogen and oxygen atoms in total. The van der Waals surface area contributed by atoms with Crippen LogP contribution in [0.25, 0.3) is 0 Å².